The van der Waals surface area contributed by atoms with Crippen molar-refractivity contribution in [3.05, 3.63) is 34.4 Å². The highest BCUT2D eigenvalue weighted by atomic mass is 32.2. The Balaban J connectivity index is 1.63. The Morgan fingerprint density at radius 3 is 2.41 bits per heavy atom. The Labute approximate surface area is 188 Å². The monoisotopic (exact) mass is 488 g/mol. The fraction of sp³-hybridized carbons (Fsp3) is 0.632. The fourth-order valence-electron chi connectivity index (χ4n) is 4.10. The van der Waals surface area contributed by atoms with E-state index in [4.69, 9.17) is 0 Å². The molecular formula is C19H28N4O7S2. The Morgan fingerprint density at radius 1 is 1.09 bits per heavy atom. The van der Waals surface area contributed by atoms with E-state index in [2.05, 4.69) is 0 Å². The molecule has 0 spiro atoms. The van der Waals surface area contributed by atoms with Crippen molar-refractivity contribution in [1.29, 1.82) is 0 Å². The zero-order valence-corrected chi connectivity index (χ0v) is 19.6. The molecule has 2 aliphatic heterocycles. The predicted molar refractivity (Wildman–Crippen MR) is 117 cm³/mol. The molecule has 0 bridgehead atoms. The summed E-state index contributed by atoms with van der Waals surface area (Å²) in [5.41, 5.74) is -0.306. The molecule has 1 aromatic carbocycles. The SMILES string of the molecule is CCCS(=O)(=O)N1CCC[C@@H](C(=O)N2CCN(S(=O)(=O)c3cccc([N+](=O)[O-])c3)CC2)C1. The number of sulfonamides is 2. The predicted octanol–water partition coefficient (Wildman–Crippen LogP) is 0.880. The summed E-state index contributed by atoms with van der Waals surface area (Å²) in [5.74, 6) is -0.536. The van der Waals surface area contributed by atoms with E-state index in [1.165, 1.54) is 26.8 Å². The second-order valence-electron chi connectivity index (χ2n) is 8.00. The van der Waals surface area contributed by atoms with Gasteiger partial charge in [-0.05, 0) is 25.3 Å². The molecular weight excluding hydrogens is 460 g/mol. The molecule has 0 radical (unpaired) electrons. The Kier molecular flexibility index (Phi) is 7.53. The van der Waals surface area contributed by atoms with Crippen LogP contribution in [0.1, 0.15) is 26.2 Å². The van der Waals surface area contributed by atoms with Crippen molar-refractivity contribution in [1.82, 2.24) is 13.5 Å². The number of benzene rings is 1. The smallest absolute Gasteiger partial charge is 0.270 e. The Bertz CT molecular complexity index is 1070. The average molecular weight is 489 g/mol. The first-order chi connectivity index (χ1) is 15.1. The third-order valence-electron chi connectivity index (χ3n) is 5.81. The number of carbonyl (C=O) groups excluding carboxylic acids is 1. The lowest BCUT2D eigenvalue weighted by molar-refractivity contribution is -0.385. The van der Waals surface area contributed by atoms with E-state index >= 15 is 0 Å². The zero-order valence-electron chi connectivity index (χ0n) is 17.9. The van der Waals surface area contributed by atoms with Crippen molar-refractivity contribution in [2.24, 2.45) is 5.92 Å². The van der Waals surface area contributed by atoms with Crippen LogP contribution >= 0.6 is 0 Å². The lowest BCUT2D eigenvalue weighted by Crippen LogP contribution is -2.54. The van der Waals surface area contributed by atoms with Gasteiger partial charge in [-0.2, -0.15) is 4.31 Å². The molecule has 2 fully saturated rings. The van der Waals surface area contributed by atoms with E-state index in [1.54, 1.807) is 11.8 Å². The van der Waals surface area contributed by atoms with Crippen LogP contribution in [-0.2, 0) is 24.8 Å². The Hall–Kier alpha value is -2.09. The first-order valence-electron chi connectivity index (χ1n) is 10.6. The molecule has 0 saturated carbocycles. The number of carbonyl (C=O) groups is 1. The molecule has 0 aromatic heterocycles. The molecule has 1 atom stereocenters. The highest BCUT2D eigenvalue weighted by molar-refractivity contribution is 7.89. The number of hydrogen-bond acceptors (Lipinski definition) is 7. The lowest BCUT2D eigenvalue weighted by Gasteiger charge is -2.38. The quantitative estimate of drug-likeness (QED) is 0.410. The standard InChI is InChI=1S/C19H28N4O7S2/c1-2-13-31(27,28)22-8-4-5-16(15-22)19(24)20-9-11-21(12-10-20)32(29,30)18-7-3-6-17(14-18)23(25)26/h3,6-7,14,16H,2,4-5,8-13,15H2,1H3/t16-/m1/s1. The van der Waals surface area contributed by atoms with Crippen molar-refractivity contribution in [2.75, 3.05) is 45.0 Å². The van der Waals surface area contributed by atoms with Crippen LogP contribution in [0.4, 0.5) is 5.69 Å². The van der Waals surface area contributed by atoms with Crippen molar-refractivity contribution in [2.45, 2.75) is 31.1 Å². The van der Waals surface area contributed by atoms with E-state index < -0.39 is 30.9 Å². The lowest BCUT2D eigenvalue weighted by atomic mass is 9.98. The van der Waals surface area contributed by atoms with Crippen LogP contribution in [0.3, 0.4) is 0 Å². The van der Waals surface area contributed by atoms with Gasteiger partial charge in [0.15, 0.2) is 0 Å². The van der Waals surface area contributed by atoms with Gasteiger partial charge in [0, 0.05) is 51.4 Å². The molecule has 1 aromatic rings. The minimum absolute atomic E-state index is 0.0576. The molecule has 11 nitrogen and oxygen atoms in total. The second kappa shape index (κ2) is 9.81. The van der Waals surface area contributed by atoms with Gasteiger partial charge in [0.1, 0.15) is 0 Å². The zero-order chi connectivity index (χ0) is 23.5. The van der Waals surface area contributed by atoms with Crippen LogP contribution in [-0.4, -0.2) is 86.2 Å². The van der Waals surface area contributed by atoms with E-state index in [-0.39, 0.29) is 55.0 Å². The maximum absolute atomic E-state index is 13.0. The summed E-state index contributed by atoms with van der Waals surface area (Å²) in [4.78, 5) is 24.7. The molecule has 2 saturated heterocycles. The van der Waals surface area contributed by atoms with Gasteiger partial charge in [0.25, 0.3) is 5.69 Å². The number of nitro benzene ring substituents is 1. The molecule has 32 heavy (non-hydrogen) atoms. The summed E-state index contributed by atoms with van der Waals surface area (Å²) in [5, 5.41) is 11.0. The molecule has 0 aliphatic carbocycles. The maximum Gasteiger partial charge on any atom is 0.270 e. The second-order valence-corrected chi connectivity index (χ2v) is 12.0. The van der Waals surface area contributed by atoms with Crippen LogP contribution in [0.15, 0.2) is 29.2 Å². The summed E-state index contributed by atoms with van der Waals surface area (Å²) < 4.78 is 53.1. The highest BCUT2D eigenvalue weighted by Crippen LogP contribution is 2.25. The first kappa shape index (κ1) is 24.6. The number of amides is 1. The van der Waals surface area contributed by atoms with Crippen LogP contribution in [0.5, 0.6) is 0 Å². The number of rotatable bonds is 7. The number of nitro groups is 1. The molecule has 13 heteroatoms. The first-order valence-corrected chi connectivity index (χ1v) is 13.6. The summed E-state index contributed by atoms with van der Waals surface area (Å²) >= 11 is 0. The summed E-state index contributed by atoms with van der Waals surface area (Å²) in [6.07, 6.45) is 1.72. The van der Waals surface area contributed by atoms with Gasteiger partial charge in [-0.25, -0.2) is 21.1 Å². The molecule has 2 heterocycles. The molecule has 0 unspecified atom stereocenters. The number of hydrogen-bond donors (Lipinski definition) is 0. The largest absolute Gasteiger partial charge is 0.340 e. The van der Waals surface area contributed by atoms with Crippen molar-refractivity contribution < 1.29 is 26.6 Å². The summed E-state index contributed by atoms with van der Waals surface area (Å²) in [7, 11) is -7.30. The normalized spacial score (nSPS) is 21.4. The number of piperazine rings is 1. The third-order valence-corrected chi connectivity index (χ3v) is 9.74. The van der Waals surface area contributed by atoms with Gasteiger partial charge in [-0.15, -0.1) is 0 Å². The van der Waals surface area contributed by atoms with Gasteiger partial charge >= 0.3 is 0 Å². The van der Waals surface area contributed by atoms with Crippen molar-refractivity contribution >= 4 is 31.6 Å². The van der Waals surface area contributed by atoms with E-state index in [0.29, 0.717) is 25.8 Å². The fourth-order valence-corrected chi connectivity index (χ4v) is 7.15. The van der Waals surface area contributed by atoms with Gasteiger partial charge in [0.2, 0.25) is 26.0 Å². The van der Waals surface area contributed by atoms with E-state index in [1.807, 2.05) is 0 Å². The number of piperidine rings is 1. The van der Waals surface area contributed by atoms with Gasteiger partial charge in [0.05, 0.1) is 21.5 Å². The van der Waals surface area contributed by atoms with Crippen LogP contribution in [0, 0.1) is 16.0 Å². The van der Waals surface area contributed by atoms with Gasteiger partial charge < -0.3 is 4.90 Å². The van der Waals surface area contributed by atoms with Crippen LogP contribution in [0.2, 0.25) is 0 Å². The summed E-state index contributed by atoms with van der Waals surface area (Å²) in [6, 6.07) is 4.89. The third kappa shape index (κ3) is 5.27. The van der Waals surface area contributed by atoms with Crippen molar-refractivity contribution in [3.63, 3.8) is 0 Å². The van der Waals surface area contributed by atoms with E-state index in [9.17, 15) is 31.7 Å². The van der Waals surface area contributed by atoms with Gasteiger partial charge in [-0.1, -0.05) is 13.0 Å². The maximum atomic E-state index is 13.0. The average Bonchev–Trinajstić information content (AvgIpc) is 2.79. The minimum atomic E-state index is -3.92. The molecule has 178 valence electrons. The van der Waals surface area contributed by atoms with Crippen molar-refractivity contribution in [3.8, 4) is 0 Å². The van der Waals surface area contributed by atoms with Crippen LogP contribution < -0.4 is 0 Å². The molecule has 3 rings (SSSR count). The van der Waals surface area contributed by atoms with E-state index in [0.717, 1.165) is 6.07 Å². The molecule has 1 amide bonds. The molecule has 2 aliphatic rings. The Morgan fingerprint density at radius 2 is 1.78 bits per heavy atom. The minimum Gasteiger partial charge on any atom is -0.340 e. The molecule has 0 N–H and O–H groups in total. The number of non-ortho nitro benzene ring substituents is 1. The summed E-state index contributed by atoms with van der Waals surface area (Å²) in [6.45, 7) is 2.89. The van der Waals surface area contributed by atoms with Gasteiger partial charge in [-0.3, -0.25) is 14.9 Å². The topological polar surface area (TPSA) is 138 Å². The highest BCUT2D eigenvalue weighted by Gasteiger charge is 2.36. The van der Waals surface area contributed by atoms with Crippen LogP contribution in [0.25, 0.3) is 0 Å². The number of nitrogens with zero attached hydrogens (tertiary/aromatic N) is 4.